The Labute approximate surface area is 110 Å². The minimum atomic E-state index is -0.507. The SMILES string of the molecule is Nc1nc2c(sc(=O)n2[C@H]2CCC(CO)O2)c(=O)[nH]1. The standard InChI is InChI=1S/C10H12N4O4S/c11-9-12-7-6(8(16)13-9)19-10(17)14(7)5-2-1-4(3-15)18-5/h4-5,15H,1-3H2,(H3,11,12,13,16)/t4?,5-/m1/s1. The lowest BCUT2D eigenvalue weighted by Crippen LogP contribution is -2.22. The number of ether oxygens (including phenoxy) is 1. The van der Waals surface area contributed by atoms with Gasteiger partial charge in [-0.25, -0.2) is 0 Å². The molecular formula is C10H12N4O4S. The fraction of sp³-hybridized carbons (Fsp3) is 0.500. The minimum absolute atomic E-state index is 0.0410. The van der Waals surface area contributed by atoms with Crippen molar-refractivity contribution in [1.82, 2.24) is 14.5 Å². The van der Waals surface area contributed by atoms with Crippen molar-refractivity contribution in [1.29, 1.82) is 0 Å². The number of nitrogen functional groups attached to an aromatic ring is 1. The maximum absolute atomic E-state index is 12.0. The number of thiazole rings is 1. The molecule has 19 heavy (non-hydrogen) atoms. The van der Waals surface area contributed by atoms with Crippen LogP contribution in [0.15, 0.2) is 9.59 Å². The summed E-state index contributed by atoms with van der Waals surface area (Å²) in [7, 11) is 0. The molecule has 2 atom stereocenters. The highest BCUT2D eigenvalue weighted by Gasteiger charge is 2.29. The molecule has 0 bridgehead atoms. The lowest BCUT2D eigenvalue weighted by Gasteiger charge is -2.13. The van der Waals surface area contributed by atoms with Crippen molar-refractivity contribution in [3.05, 3.63) is 20.0 Å². The van der Waals surface area contributed by atoms with E-state index in [4.69, 9.17) is 15.6 Å². The Bertz CT molecular complexity index is 733. The van der Waals surface area contributed by atoms with Crippen LogP contribution in [0.5, 0.6) is 0 Å². The van der Waals surface area contributed by atoms with E-state index in [1.807, 2.05) is 0 Å². The molecule has 3 rings (SSSR count). The molecule has 8 nitrogen and oxygen atoms in total. The summed E-state index contributed by atoms with van der Waals surface area (Å²) in [4.78, 5) is 29.7. The third-order valence-corrected chi connectivity index (χ3v) is 4.01. The van der Waals surface area contributed by atoms with Gasteiger partial charge in [0.2, 0.25) is 5.95 Å². The summed E-state index contributed by atoms with van der Waals surface area (Å²) >= 11 is 0.813. The number of hydrogen-bond donors (Lipinski definition) is 3. The lowest BCUT2D eigenvalue weighted by atomic mass is 10.2. The Morgan fingerprint density at radius 1 is 1.53 bits per heavy atom. The molecule has 1 aliphatic heterocycles. The predicted octanol–water partition coefficient (Wildman–Crippen LogP) is -0.602. The molecule has 102 valence electrons. The Kier molecular flexibility index (Phi) is 2.88. The molecule has 3 heterocycles. The monoisotopic (exact) mass is 284 g/mol. The first-order valence-corrected chi connectivity index (χ1v) is 6.59. The van der Waals surface area contributed by atoms with Crippen LogP contribution in [0, 0.1) is 0 Å². The van der Waals surface area contributed by atoms with Crippen LogP contribution < -0.4 is 16.2 Å². The van der Waals surface area contributed by atoms with Crippen LogP contribution >= 0.6 is 11.3 Å². The maximum Gasteiger partial charge on any atom is 0.311 e. The summed E-state index contributed by atoms with van der Waals surface area (Å²) in [5.41, 5.74) is 5.30. The van der Waals surface area contributed by atoms with Crippen LogP contribution in [0.4, 0.5) is 5.95 Å². The summed E-state index contributed by atoms with van der Waals surface area (Å²) in [6, 6.07) is 0. The summed E-state index contributed by atoms with van der Waals surface area (Å²) in [5.74, 6) is -0.0410. The molecule has 2 aromatic rings. The first-order valence-electron chi connectivity index (χ1n) is 5.77. The molecule has 0 spiro atoms. The number of H-pyrrole nitrogens is 1. The summed E-state index contributed by atoms with van der Waals surface area (Å²) in [6.45, 7) is -0.0938. The highest BCUT2D eigenvalue weighted by Crippen LogP contribution is 2.29. The van der Waals surface area contributed by atoms with Gasteiger partial charge in [-0.1, -0.05) is 11.3 Å². The number of anilines is 1. The van der Waals surface area contributed by atoms with E-state index in [1.54, 1.807) is 0 Å². The number of aliphatic hydroxyl groups is 1. The smallest absolute Gasteiger partial charge is 0.311 e. The van der Waals surface area contributed by atoms with Crippen molar-refractivity contribution in [2.24, 2.45) is 0 Å². The minimum Gasteiger partial charge on any atom is -0.394 e. The first kappa shape index (κ1) is 12.3. The molecule has 0 radical (unpaired) electrons. The van der Waals surface area contributed by atoms with Gasteiger partial charge in [-0.05, 0) is 12.8 Å². The molecule has 0 amide bonds. The largest absolute Gasteiger partial charge is 0.394 e. The number of aliphatic hydroxyl groups excluding tert-OH is 1. The number of hydrogen-bond acceptors (Lipinski definition) is 7. The lowest BCUT2D eigenvalue weighted by molar-refractivity contribution is -0.0214. The number of aromatic amines is 1. The van der Waals surface area contributed by atoms with Crippen molar-refractivity contribution in [2.45, 2.75) is 25.2 Å². The molecule has 0 aliphatic carbocycles. The van der Waals surface area contributed by atoms with Gasteiger partial charge >= 0.3 is 4.87 Å². The average Bonchev–Trinajstić information content (AvgIpc) is 2.93. The number of nitrogens with zero attached hydrogens (tertiary/aromatic N) is 2. The number of rotatable bonds is 2. The normalized spacial score (nSPS) is 23.2. The van der Waals surface area contributed by atoms with Crippen molar-refractivity contribution < 1.29 is 9.84 Å². The van der Waals surface area contributed by atoms with E-state index in [1.165, 1.54) is 4.57 Å². The van der Waals surface area contributed by atoms with Crippen LogP contribution in [-0.4, -0.2) is 32.4 Å². The molecule has 4 N–H and O–H groups in total. The number of fused-ring (bicyclic) bond motifs is 1. The Morgan fingerprint density at radius 3 is 3.00 bits per heavy atom. The number of nitrogens with two attached hydrogens (primary N) is 1. The zero-order valence-electron chi connectivity index (χ0n) is 9.83. The molecule has 1 unspecified atom stereocenters. The van der Waals surface area contributed by atoms with E-state index < -0.39 is 11.8 Å². The van der Waals surface area contributed by atoms with Crippen LogP contribution in [0.2, 0.25) is 0 Å². The van der Waals surface area contributed by atoms with Gasteiger partial charge in [0.05, 0.1) is 12.7 Å². The van der Waals surface area contributed by atoms with Crippen LogP contribution in [0.25, 0.3) is 10.3 Å². The van der Waals surface area contributed by atoms with Crippen LogP contribution in [0.3, 0.4) is 0 Å². The quantitative estimate of drug-likeness (QED) is 0.676. The van der Waals surface area contributed by atoms with Gasteiger partial charge in [-0.2, -0.15) is 4.98 Å². The van der Waals surface area contributed by atoms with Crippen molar-refractivity contribution in [2.75, 3.05) is 12.3 Å². The van der Waals surface area contributed by atoms with E-state index >= 15 is 0 Å². The van der Waals surface area contributed by atoms with Crippen molar-refractivity contribution in [3.63, 3.8) is 0 Å². The van der Waals surface area contributed by atoms with E-state index in [0.717, 1.165) is 11.3 Å². The second-order valence-electron chi connectivity index (χ2n) is 4.31. The Morgan fingerprint density at radius 2 is 2.32 bits per heavy atom. The molecule has 1 fully saturated rings. The van der Waals surface area contributed by atoms with Gasteiger partial charge in [0.25, 0.3) is 5.56 Å². The molecular weight excluding hydrogens is 272 g/mol. The molecule has 1 aliphatic rings. The third-order valence-electron chi connectivity index (χ3n) is 3.07. The van der Waals surface area contributed by atoms with Gasteiger partial charge in [-0.15, -0.1) is 0 Å². The predicted molar refractivity (Wildman–Crippen MR) is 69.1 cm³/mol. The maximum atomic E-state index is 12.0. The first-order chi connectivity index (χ1) is 9.10. The van der Waals surface area contributed by atoms with Gasteiger partial charge < -0.3 is 15.6 Å². The molecule has 1 saturated heterocycles. The second-order valence-corrected chi connectivity index (χ2v) is 5.28. The highest BCUT2D eigenvalue weighted by atomic mass is 32.1. The van der Waals surface area contributed by atoms with E-state index in [9.17, 15) is 9.59 Å². The average molecular weight is 284 g/mol. The van der Waals surface area contributed by atoms with E-state index in [-0.39, 0.29) is 33.9 Å². The van der Waals surface area contributed by atoms with E-state index in [0.29, 0.717) is 12.8 Å². The highest BCUT2D eigenvalue weighted by molar-refractivity contribution is 7.16. The molecule has 9 heteroatoms. The molecule has 2 aromatic heterocycles. The fourth-order valence-electron chi connectivity index (χ4n) is 2.21. The van der Waals surface area contributed by atoms with E-state index in [2.05, 4.69) is 9.97 Å². The van der Waals surface area contributed by atoms with Crippen LogP contribution in [-0.2, 0) is 4.74 Å². The molecule has 0 aromatic carbocycles. The summed E-state index contributed by atoms with van der Waals surface area (Å²) in [6.07, 6.45) is 0.452. The third kappa shape index (κ3) is 1.95. The summed E-state index contributed by atoms with van der Waals surface area (Å²) < 4.78 is 7.12. The number of aromatic nitrogens is 3. The number of nitrogens with one attached hydrogen (secondary N) is 1. The second kappa shape index (κ2) is 4.44. The zero-order chi connectivity index (χ0) is 13.6. The van der Waals surface area contributed by atoms with Gasteiger partial charge in [0, 0.05) is 0 Å². The fourth-order valence-corrected chi connectivity index (χ4v) is 3.07. The van der Waals surface area contributed by atoms with Gasteiger partial charge in [0.1, 0.15) is 10.9 Å². The topological polar surface area (TPSA) is 123 Å². The summed E-state index contributed by atoms with van der Waals surface area (Å²) in [5, 5.41) is 9.05. The Balaban J connectivity index is 2.16. The van der Waals surface area contributed by atoms with Crippen molar-refractivity contribution in [3.8, 4) is 0 Å². The molecule has 0 saturated carbocycles. The van der Waals surface area contributed by atoms with Crippen LogP contribution in [0.1, 0.15) is 19.1 Å². The Hall–Kier alpha value is -1.71. The van der Waals surface area contributed by atoms with Gasteiger partial charge in [-0.3, -0.25) is 19.1 Å². The van der Waals surface area contributed by atoms with Crippen molar-refractivity contribution >= 4 is 27.6 Å². The zero-order valence-corrected chi connectivity index (χ0v) is 10.6. The van der Waals surface area contributed by atoms with Gasteiger partial charge in [0.15, 0.2) is 5.65 Å².